The average Bonchev–Trinajstić information content (AvgIpc) is 3.16. The first kappa shape index (κ1) is 23.0. The van der Waals surface area contributed by atoms with E-state index >= 15 is 0 Å². The third-order valence-electron chi connectivity index (χ3n) is 4.44. The lowest BCUT2D eigenvalue weighted by Crippen LogP contribution is -2.37. The largest absolute Gasteiger partial charge is 0.460 e. The second-order valence-electron chi connectivity index (χ2n) is 5.95. The molecule has 0 spiro atoms. The number of hydrogen-bond acceptors (Lipinski definition) is 3. The second kappa shape index (κ2) is 11.0. The van der Waals surface area contributed by atoms with Crippen LogP contribution in [0.25, 0.3) is 11.3 Å². The van der Waals surface area contributed by atoms with Crippen molar-refractivity contribution in [1.82, 2.24) is 10.2 Å². The summed E-state index contributed by atoms with van der Waals surface area (Å²) in [7, 11) is 0. The first-order chi connectivity index (χ1) is 11.2. The highest BCUT2D eigenvalue weighted by Gasteiger charge is 2.22. The van der Waals surface area contributed by atoms with Gasteiger partial charge in [0.15, 0.2) is 0 Å². The van der Waals surface area contributed by atoms with Crippen LogP contribution in [0.2, 0.25) is 0 Å². The molecule has 1 saturated heterocycles. The van der Waals surface area contributed by atoms with Crippen molar-refractivity contribution in [3.8, 4) is 11.3 Å². The summed E-state index contributed by atoms with van der Waals surface area (Å²) in [5, 5.41) is 3.54. The van der Waals surface area contributed by atoms with E-state index in [9.17, 15) is 0 Å². The summed E-state index contributed by atoms with van der Waals surface area (Å²) in [6, 6.07) is 10.9. The lowest BCUT2D eigenvalue weighted by atomic mass is 10.2. The number of hydrogen-bond donors (Lipinski definition) is 1. The van der Waals surface area contributed by atoms with Gasteiger partial charge >= 0.3 is 0 Å². The molecule has 2 heterocycles. The SMILES string of the molecule is CCN1CCCC1CNCc1ccc(-c2ccc(Br)cc2Br)o1.Cl.Cl. The van der Waals surface area contributed by atoms with Crippen molar-refractivity contribution in [3.05, 3.63) is 45.0 Å². The Bertz CT molecular complexity index is 666. The summed E-state index contributed by atoms with van der Waals surface area (Å²) in [4.78, 5) is 2.56. The normalized spacial score (nSPS) is 17.2. The van der Waals surface area contributed by atoms with E-state index in [2.05, 4.69) is 61.1 Å². The first-order valence-electron chi connectivity index (χ1n) is 8.16. The first-order valence-corrected chi connectivity index (χ1v) is 9.75. The molecule has 1 fully saturated rings. The number of rotatable bonds is 6. The molecule has 1 aromatic carbocycles. The topological polar surface area (TPSA) is 28.4 Å². The van der Waals surface area contributed by atoms with Crippen molar-refractivity contribution in [3.63, 3.8) is 0 Å². The van der Waals surface area contributed by atoms with Crippen LogP contribution in [0.1, 0.15) is 25.5 Å². The van der Waals surface area contributed by atoms with Gasteiger partial charge in [0, 0.05) is 27.1 Å². The Morgan fingerprint density at radius 3 is 2.72 bits per heavy atom. The molecule has 25 heavy (non-hydrogen) atoms. The molecule has 1 aliphatic rings. The van der Waals surface area contributed by atoms with E-state index in [4.69, 9.17) is 4.42 Å². The molecule has 1 aliphatic heterocycles. The van der Waals surface area contributed by atoms with Gasteiger partial charge in [-0.25, -0.2) is 0 Å². The third kappa shape index (κ3) is 5.98. The van der Waals surface area contributed by atoms with E-state index in [0.717, 1.165) is 45.7 Å². The molecule has 2 aromatic rings. The van der Waals surface area contributed by atoms with Crippen molar-refractivity contribution in [2.75, 3.05) is 19.6 Å². The van der Waals surface area contributed by atoms with Crippen LogP contribution in [0.15, 0.2) is 43.7 Å². The highest BCUT2D eigenvalue weighted by molar-refractivity contribution is 9.11. The maximum Gasteiger partial charge on any atom is 0.135 e. The van der Waals surface area contributed by atoms with Gasteiger partial charge in [-0.15, -0.1) is 24.8 Å². The van der Waals surface area contributed by atoms with Gasteiger partial charge in [0.2, 0.25) is 0 Å². The number of furan rings is 1. The molecule has 0 bridgehead atoms. The van der Waals surface area contributed by atoms with Crippen molar-refractivity contribution in [2.45, 2.75) is 32.4 Å². The van der Waals surface area contributed by atoms with Crippen LogP contribution in [0.5, 0.6) is 0 Å². The van der Waals surface area contributed by atoms with Crippen LogP contribution >= 0.6 is 56.7 Å². The lowest BCUT2D eigenvalue weighted by Gasteiger charge is -2.22. The zero-order chi connectivity index (χ0) is 16.2. The molecular weight excluding hydrogens is 491 g/mol. The zero-order valence-electron chi connectivity index (χ0n) is 14.1. The molecule has 1 N–H and O–H groups in total. The molecule has 1 unspecified atom stereocenters. The molecule has 0 aliphatic carbocycles. The Morgan fingerprint density at radius 1 is 1.20 bits per heavy atom. The fourth-order valence-electron chi connectivity index (χ4n) is 3.21. The summed E-state index contributed by atoms with van der Waals surface area (Å²) < 4.78 is 8.07. The van der Waals surface area contributed by atoms with E-state index in [1.54, 1.807) is 0 Å². The highest BCUT2D eigenvalue weighted by atomic mass is 79.9. The molecule has 0 radical (unpaired) electrons. The predicted octanol–water partition coefficient (Wildman–Crippen LogP) is 5.89. The van der Waals surface area contributed by atoms with Gasteiger partial charge in [0.25, 0.3) is 0 Å². The minimum Gasteiger partial charge on any atom is -0.460 e. The van der Waals surface area contributed by atoms with Gasteiger partial charge in [-0.05, 0) is 72.2 Å². The minimum atomic E-state index is 0. The van der Waals surface area contributed by atoms with Crippen LogP contribution in [0.3, 0.4) is 0 Å². The summed E-state index contributed by atoms with van der Waals surface area (Å²) in [5.74, 6) is 1.88. The van der Waals surface area contributed by atoms with Gasteiger partial charge in [-0.1, -0.05) is 22.9 Å². The van der Waals surface area contributed by atoms with Crippen LogP contribution in [0.4, 0.5) is 0 Å². The van der Waals surface area contributed by atoms with Gasteiger partial charge in [-0.3, -0.25) is 4.90 Å². The molecular formula is C18H24Br2Cl2N2O. The number of halogens is 4. The number of nitrogens with one attached hydrogen (secondary N) is 1. The molecule has 3 rings (SSSR count). The van der Waals surface area contributed by atoms with Gasteiger partial charge < -0.3 is 9.73 Å². The lowest BCUT2D eigenvalue weighted by molar-refractivity contribution is 0.258. The molecule has 3 nitrogen and oxygen atoms in total. The summed E-state index contributed by atoms with van der Waals surface area (Å²) in [6.07, 6.45) is 2.62. The van der Waals surface area contributed by atoms with E-state index < -0.39 is 0 Å². The third-order valence-corrected chi connectivity index (χ3v) is 5.59. The summed E-state index contributed by atoms with van der Waals surface area (Å²) in [6.45, 7) is 6.45. The Balaban J connectivity index is 0.00000156. The Morgan fingerprint density at radius 2 is 2.00 bits per heavy atom. The molecule has 1 aromatic heterocycles. The van der Waals surface area contributed by atoms with Gasteiger partial charge in [0.05, 0.1) is 6.54 Å². The van der Waals surface area contributed by atoms with Crippen molar-refractivity contribution in [2.24, 2.45) is 0 Å². The fraction of sp³-hybridized carbons (Fsp3) is 0.444. The van der Waals surface area contributed by atoms with E-state index in [1.165, 1.54) is 19.4 Å². The van der Waals surface area contributed by atoms with Crippen LogP contribution in [0, 0.1) is 0 Å². The van der Waals surface area contributed by atoms with Crippen molar-refractivity contribution < 1.29 is 4.42 Å². The van der Waals surface area contributed by atoms with Crippen molar-refractivity contribution in [1.29, 1.82) is 0 Å². The van der Waals surface area contributed by atoms with Gasteiger partial charge in [-0.2, -0.15) is 0 Å². The van der Waals surface area contributed by atoms with E-state index in [-0.39, 0.29) is 24.8 Å². The second-order valence-corrected chi connectivity index (χ2v) is 7.72. The molecule has 140 valence electrons. The van der Waals surface area contributed by atoms with Crippen LogP contribution in [-0.4, -0.2) is 30.6 Å². The Kier molecular flexibility index (Phi) is 10.1. The Labute approximate surface area is 179 Å². The number of likely N-dealkylation sites (tertiary alicyclic amines) is 1. The quantitative estimate of drug-likeness (QED) is 0.521. The monoisotopic (exact) mass is 512 g/mol. The molecule has 1 atom stereocenters. The summed E-state index contributed by atoms with van der Waals surface area (Å²) in [5.41, 5.74) is 1.08. The maximum atomic E-state index is 5.99. The summed E-state index contributed by atoms with van der Waals surface area (Å²) >= 11 is 7.07. The Hall–Kier alpha value is -0.0400. The average molecular weight is 515 g/mol. The molecule has 7 heteroatoms. The smallest absolute Gasteiger partial charge is 0.135 e. The van der Waals surface area contributed by atoms with Crippen LogP contribution in [-0.2, 0) is 6.54 Å². The maximum absolute atomic E-state index is 5.99. The fourth-order valence-corrected chi connectivity index (χ4v) is 4.45. The van der Waals surface area contributed by atoms with E-state index in [0.29, 0.717) is 6.04 Å². The minimum absolute atomic E-state index is 0. The number of benzene rings is 1. The van der Waals surface area contributed by atoms with Gasteiger partial charge in [0.1, 0.15) is 11.5 Å². The molecule has 0 amide bonds. The highest BCUT2D eigenvalue weighted by Crippen LogP contribution is 2.31. The number of nitrogens with zero attached hydrogens (tertiary/aromatic N) is 1. The zero-order valence-corrected chi connectivity index (χ0v) is 18.9. The predicted molar refractivity (Wildman–Crippen MR) is 116 cm³/mol. The number of likely N-dealkylation sites (N-methyl/N-ethyl adjacent to an activating group) is 1. The molecule has 0 saturated carbocycles. The van der Waals surface area contributed by atoms with Crippen molar-refractivity contribution >= 4 is 56.7 Å². The van der Waals surface area contributed by atoms with E-state index in [1.807, 2.05) is 18.2 Å². The standard InChI is InChI=1S/C18H22Br2N2O.2ClH/c1-2-22-9-3-4-14(22)11-21-12-15-6-8-18(23-15)16-7-5-13(19)10-17(16)20;;/h5-8,10,14,21H,2-4,9,11-12H2,1H3;2*1H. The van der Waals surface area contributed by atoms with Crippen LogP contribution < -0.4 is 5.32 Å².